The summed E-state index contributed by atoms with van der Waals surface area (Å²) in [5.74, 6) is -0.353. The number of benzene rings is 2. The first-order chi connectivity index (χ1) is 9.29. The van der Waals surface area contributed by atoms with E-state index in [1.165, 1.54) is 7.11 Å². The van der Waals surface area contributed by atoms with E-state index < -0.39 is 0 Å². The number of esters is 1. The van der Waals surface area contributed by atoms with E-state index in [4.69, 9.17) is 4.74 Å². The monoisotopic (exact) mass is 252 g/mol. The second-order valence-corrected chi connectivity index (χ2v) is 4.21. The number of nitrogens with one attached hydrogen (secondary N) is 1. The number of aromatic amines is 1. The highest BCUT2D eigenvalue weighted by atomic mass is 16.5. The molecule has 0 aliphatic rings. The van der Waals surface area contributed by atoms with Crippen LogP contribution in [0.25, 0.3) is 22.0 Å². The molecule has 0 amide bonds. The van der Waals surface area contributed by atoms with Gasteiger partial charge in [0.15, 0.2) is 0 Å². The molecule has 0 aliphatic heterocycles. The van der Waals surface area contributed by atoms with E-state index in [2.05, 4.69) is 10.2 Å². The lowest BCUT2D eigenvalue weighted by Crippen LogP contribution is -2.01. The summed E-state index contributed by atoms with van der Waals surface area (Å²) < 4.78 is 4.78. The standard InChI is InChI=1S/C15H12N2O2/c1-19-15(18)11-7-12(10-5-3-2-4-6-10)13-9-16-17-14(13)8-11/h2-9H,1H3,(H,16,17). The molecule has 0 aliphatic carbocycles. The van der Waals surface area contributed by atoms with Gasteiger partial charge in [-0.05, 0) is 23.3 Å². The van der Waals surface area contributed by atoms with Gasteiger partial charge in [-0.25, -0.2) is 4.79 Å². The lowest BCUT2D eigenvalue weighted by atomic mass is 9.99. The number of hydrogen-bond acceptors (Lipinski definition) is 3. The van der Waals surface area contributed by atoms with Crippen molar-refractivity contribution in [1.29, 1.82) is 0 Å². The summed E-state index contributed by atoms with van der Waals surface area (Å²) in [6.45, 7) is 0. The van der Waals surface area contributed by atoms with Crippen LogP contribution in [0.4, 0.5) is 0 Å². The molecule has 4 nitrogen and oxygen atoms in total. The Morgan fingerprint density at radius 3 is 2.74 bits per heavy atom. The van der Waals surface area contributed by atoms with E-state index in [1.807, 2.05) is 36.4 Å². The summed E-state index contributed by atoms with van der Waals surface area (Å²) in [6.07, 6.45) is 1.76. The van der Waals surface area contributed by atoms with Gasteiger partial charge in [0, 0.05) is 5.39 Å². The van der Waals surface area contributed by atoms with Crippen molar-refractivity contribution in [2.45, 2.75) is 0 Å². The van der Waals surface area contributed by atoms with Crippen molar-refractivity contribution in [1.82, 2.24) is 10.2 Å². The van der Waals surface area contributed by atoms with Crippen LogP contribution in [-0.2, 0) is 4.74 Å². The Hall–Kier alpha value is -2.62. The van der Waals surface area contributed by atoms with E-state index in [0.717, 1.165) is 22.0 Å². The second kappa shape index (κ2) is 4.57. The SMILES string of the molecule is COC(=O)c1cc(-c2ccccc2)c2cn[nH]c2c1. The molecule has 1 N–H and O–H groups in total. The molecule has 0 saturated heterocycles. The molecule has 0 bridgehead atoms. The third-order valence-electron chi connectivity index (χ3n) is 3.06. The highest BCUT2D eigenvalue weighted by Crippen LogP contribution is 2.29. The molecule has 3 rings (SSSR count). The Morgan fingerprint density at radius 2 is 2.00 bits per heavy atom. The number of carbonyl (C=O) groups is 1. The zero-order chi connectivity index (χ0) is 13.2. The van der Waals surface area contributed by atoms with E-state index in [-0.39, 0.29) is 5.97 Å². The molecule has 2 aromatic carbocycles. The number of ether oxygens (including phenoxy) is 1. The number of nitrogens with zero attached hydrogens (tertiary/aromatic N) is 1. The second-order valence-electron chi connectivity index (χ2n) is 4.21. The lowest BCUT2D eigenvalue weighted by Gasteiger charge is -2.06. The van der Waals surface area contributed by atoms with Crippen LogP contribution in [-0.4, -0.2) is 23.3 Å². The Bertz CT molecular complexity index is 732. The van der Waals surface area contributed by atoms with Crippen molar-refractivity contribution in [2.24, 2.45) is 0 Å². The normalized spacial score (nSPS) is 10.6. The first kappa shape index (κ1) is 11.5. The molecule has 0 radical (unpaired) electrons. The molecular weight excluding hydrogens is 240 g/mol. The third kappa shape index (κ3) is 1.97. The van der Waals surface area contributed by atoms with Crippen LogP contribution in [0.3, 0.4) is 0 Å². The van der Waals surface area contributed by atoms with Gasteiger partial charge in [0.2, 0.25) is 0 Å². The first-order valence-electron chi connectivity index (χ1n) is 5.90. The van der Waals surface area contributed by atoms with Crippen LogP contribution >= 0.6 is 0 Å². The Kier molecular flexibility index (Phi) is 2.76. The predicted molar refractivity (Wildman–Crippen MR) is 72.9 cm³/mol. The van der Waals surface area contributed by atoms with Gasteiger partial charge in [0.25, 0.3) is 0 Å². The molecule has 1 aromatic heterocycles. The summed E-state index contributed by atoms with van der Waals surface area (Å²) in [4.78, 5) is 11.7. The predicted octanol–water partition coefficient (Wildman–Crippen LogP) is 3.02. The Morgan fingerprint density at radius 1 is 1.21 bits per heavy atom. The number of fused-ring (bicyclic) bond motifs is 1. The number of aromatic nitrogens is 2. The lowest BCUT2D eigenvalue weighted by molar-refractivity contribution is 0.0601. The maximum Gasteiger partial charge on any atom is 0.337 e. The fraction of sp³-hybridized carbons (Fsp3) is 0.0667. The first-order valence-corrected chi connectivity index (χ1v) is 5.90. The summed E-state index contributed by atoms with van der Waals surface area (Å²) >= 11 is 0. The van der Waals surface area contributed by atoms with Gasteiger partial charge in [-0.3, -0.25) is 5.10 Å². The third-order valence-corrected chi connectivity index (χ3v) is 3.06. The summed E-state index contributed by atoms with van der Waals surface area (Å²) in [5, 5.41) is 7.91. The Balaban J connectivity index is 2.27. The summed E-state index contributed by atoms with van der Waals surface area (Å²) in [5.41, 5.74) is 3.34. The van der Waals surface area contributed by atoms with Crippen molar-refractivity contribution >= 4 is 16.9 Å². The van der Waals surface area contributed by atoms with Crippen molar-refractivity contribution in [3.63, 3.8) is 0 Å². The van der Waals surface area contributed by atoms with Gasteiger partial charge in [-0.2, -0.15) is 5.10 Å². The van der Waals surface area contributed by atoms with Gasteiger partial charge in [0.1, 0.15) is 0 Å². The summed E-state index contributed by atoms with van der Waals surface area (Å²) in [6, 6.07) is 13.5. The highest BCUT2D eigenvalue weighted by molar-refractivity contribution is 6.01. The number of H-pyrrole nitrogens is 1. The molecule has 4 heteroatoms. The number of rotatable bonds is 2. The fourth-order valence-electron chi connectivity index (χ4n) is 2.14. The molecule has 19 heavy (non-hydrogen) atoms. The van der Waals surface area contributed by atoms with E-state index in [0.29, 0.717) is 5.56 Å². The van der Waals surface area contributed by atoms with Crippen LogP contribution in [0.5, 0.6) is 0 Å². The molecule has 1 heterocycles. The van der Waals surface area contributed by atoms with Crippen LogP contribution in [0.15, 0.2) is 48.7 Å². The smallest absolute Gasteiger partial charge is 0.337 e. The topological polar surface area (TPSA) is 55.0 Å². The average molecular weight is 252 g/mol. The quantitative estimate of drug-likeness (QED) is 0.713. The number of carbonyl (C=O) groups excluding carboxylic acids is 1. The van der Waals surface area contributed by atoms with Crippen LogP contribution in [0, 0.1) is 0 Å². The zero-order valence-electron chi connectivity index (χ0n) is 10.4. The molecular formula is C15H12N2O2. The molecule has 3 aromatic rings. The minimum Gasteiger partial charge on any atom is -0.465 e. The van der Waals surface area contributed by atoms with Gasteiger partial charge < -0.3 is 4.74 Å². The maximum atomic E-state index is 11.7. The minimum absolute atomic E-state index is 0.353. The molecule has 0 fully saturated rings. The highest BCUT2D eigenvalue weighted by Gasteiger charge is 2.12. The van der Waals surface area contributed by atoms with E-state index >= 15 is 0 Å². The largest absolute Gasteiger partial charge is 0.465 e. The van der Waals surface area contributed by atoms with Crippen molar-refractivity contribution in [3.05, 3.63) is 54.2 Å². The van der Waals surface area contributed by atoms with Gasteiger partial charge >= 0.3 is 5.97 Å². The van der Waals surface area contributed by atoms with Crippen molar-refractivity contribution in [2.75, 3.05) is 7.11 Å². The average Bonchev–Trinajstić information content (AvgIpc) is 2.94. The van der Waals surface area contributed by atoms with E-state index in [9.17, 15) is 4.79 Å². The van der Waals surface area contributed by atoms with Crippen LogP contribution in [0.1, 0.15) is 10.4 Å². The van der Waals surface area contributed by atoms with Crippen molar-refractivity contribution in [3.8, 4) is 11.1 Å². The van der Waals surface area contributed by atoms with Crippen molar-refractivity contribution < 1.29 is 9.53 Å². The summed E-state index contributed by atoms with van der Waals surface area (Å²) in [7, 11) is 1.38. The van der Waals surface area contributed by atoms with E-state index in [1.54, 1.807) is 12.3 Å². The maximum absolute atomic E-state index is 11.7. The van der Waals surface area contributed by atoms with Crippen LogP contribution in [0.2, 0.25) is 0 Å². The Labute approximate surface area is 110 Å². The molecule has 94 valence electrons. The minimum atomic E-state index is -0.353. The van der Waals surface area contributed by atoms with Gasteiger partial charge in [0.05, 0.1) is 24.4 Å². The van der Waals surface area contributed by atoms with Gasteiger partial charge in [-0.1, -0.05) is 30.3 Å². The number of hydrogen-bond donors (Lipinski definition) is 1. The zero-order valence-corrected chi connectivity index (χ0v) is 10.4. The van der Waals surface area contributed by atoms with Gasteiger partial charge in [-0.15, -0.1) is 0 Å². The molecule has 0 unspecified atom stereocenters. The van der Waals surface area contributed by atoms with Crippen LogP contribution < -0.4 is 0 Å². The molecule has 0 saturated carbocycles. The molecule has 0 atom stereocenters. The molecule has 0 spiro atoms. The number of methoxy groups -OCH3 is 1. The fourth-order valence-corrected chi connectivity index (χ4v) is 2.14.